The van der Waals surface area contributed by atoms with Gasteiger partial charge in [0.25, 0.3) is 0 Å². The molecule has 0 fully saturated rings. The number of rotatable bonds is 43. The maximum absolute atomic E-state index is 12.7. The zero-order valence-electron chi connectivity index (χ0n) is 39.8. The Hall–Kier alpha value is -3.93. The lowest BCUT2D eigenvalue weighted by Crippen LogP contribution is -2.30. The van der Waals surface area contributed by atoms with Crippen molar-refractivity contribution in [1.82, 2.24) is 0 Å². The van der Waals surface area contributed by atoms with Crippen molar-refractivity contribution in [2.24, 2.45) is 0 Å². The van der Waals surface area contributed by atoms with E-state index in [1.54, 1.807) is 0 Å². The molecule has 0 N–H and O–H groups in total. The summed E-state index contributed by atoms with van der Waals surface area (Å²) in [7, 11) is 0. The van der Waals surface area contributed by atoms with Crippen LogP contribution in [0.2, 0.25) is 0 Å². The first kappa shape index (κ1) is 58.1. The second-order valence-corrected chi connectivity index (χ2v) is 16.0. The van der Waals surface area contributed by atoms with Crippen LogP contribution in [0.5, 0.6) is 0 Å². The molecule has 0 saturated carbocycles. The molecule has 0 aromatic rings. The lowest BCUT2D eigenvalue weighted by atomic mass is 10.1. The van der Waals surface area contributed by atoms with E-state index in [2.05, 4.69) is 130 Å². The van der Waals surface area contributed by atoms with Gasteiger partial charge >= 0.3 is 17.9 Å². The predicted molar refractivity (Wildman–Crippen MR) is 265 cm³/mol. The normalized spacial score (nSPS) is 13.0. The maximum atomic E-state index is 12.7. The van der Waals surface area contributed by atoms with Crippen LogP contribution in [0.25, 0.3) is 0 Å². The summed E-state index contributed by atoms with van der Waals surface area (Å²) in [5.41, 5.74) is 0. The monoisotopic (exact) mass is 859 g/mol. The molecular weight excluding hydrogens is 769 g/mol. The van der Waals surface area contributed by atoms with Crippen molar-refractivity contribution in [3.63, 3.8) is 0 Å². The van der Waals surface area contributed by atoms with Gasteiger partial charge < -0.3 is 14.2 Å². The van der Waals surface area contributed by atoms with Crippen LogP contribution in [0.15, 0.2) is 109 Å². The molecule has 0 aliphatic carbocycles. The van der Waals surface area contributed by atoms with Crippen LogP contribution < -0.4 is 0 Å². The Balaban J connectivity index is 4.27. The summed E-state index contributed by atoms with van der Waals surface area (Å²) < 4.78 is 16.6. The molecular formula is C56H90O6. The van der Waals surface area contributed by atoms with E-state index in [0.717, 1.165) is 116 Å². The molecule has 0 saturated heterocycles. The second-order valence-electron chi connectivity index (χ2n) is 16.0. The third-order valence-electron chi connectivity index (χ3n) is 10.0. The van der Waals surface area contributed by atoms with Crippen LogP contribution >= 0.6 is 0 Å². The summed E-state index contributed by atoms with van der Waals surface area (Å²) >= 11 is 0. The van der Waals surface area contributed by atoms with Crippen molar-refractivity contribution in [1.29, 1.82) is 0 Å². The molecule has 62 heavy (non-hydrogen) atoms. The molecule has 0 aromatic heterocycles. The number of unbranched alkanes of at least 4 members (excludes halogenated alkanes) is 14. The molecule has 0 radical (unpaired) electrons. The highest BCUT2D eigenvalue weighted by molar-refractivity contribution is 5.71. The van der Waals surface area contributed by atoms with Crippen LogP contribution in [0.1, 0.15) is 207 Å². The lowest BCUT2D eigenvalue weighted by molar-refractivity contribution is -0.167. The smallest absolute Gasteiger partial charge is 0.306 e. The van der Waals surface area contributed by atoms with Gasteiger partial charge in [-0.2, -0.15) is 0 Å². The van der Waals surface area contributed by atoms with E-state index in [9.17, 15) is 14.4 Å². The van der Waals surface area contributed by atoms with E-state index in [4.69, 9.17) is 14.2 Å². The average Bonchev–Trinajstić information content (AvgIpc) is 3.27. The Labute approximate surface area is 380 Å². The van der Waals surface area contributed by atoms with Crippen LogP contribution in [0.3, 0.4) is 0 Å². The van der Waals surface area contributed by atoms with Gasteiger partial charge in [0.15, 0.2) is 6.10 Å². The lowest BCUT2D eigenvalue weighted by Gasteiger charge is -2.18. The number of carbonyl (C=O) groups is 3. The largest absolute Gasteiger partial charge is 0.462 e. The third kappa shape index (κ3) is 47.1. The Bertz CT molecular complexity index is 1310. The summed E-state index contributed by atoms with van der Waals surface area (Å²) in [6, 6.07) is 0. The van der Waals surface area contributed by atoms with Gasteiger partial charge in [-0.05, 0) is 103 Å². The van der Waals surface area contributed by atoms with Gasteiger partial charge in [0.05, 0.1) is 0 Å². The molecule has 0 heterocycles. The molecule has 350 valence electrons. The topological polar surface area (TPSA) is 78.9 Å². The summed E-state index contributed by atoms with van der Waals surface area (Å²) in [5, 5.41) is 0. The number of esters is 3. The van der Waals surface area contributed by atoms with Crippen molar-refractivity contribution in [2.45, 2.75) is 213 Å². The number of ether oxygens (including phenoxy) is 3. The first-order valence-electron chi connectivity index (χ1n) is 24.9. The molecule has 0 amide bonds. The first-order chi connectivity index (χ1) is 30.5. The Morgan fingerprint density at radius 1 is 0.339 bits per heavy atom. The number of hydrogen-bond donors (Lipinski definition) is 0. The Morgan fingerprint density at radius 3 is 1.08 bits per heavy atom. The standard InChI is InChI=1S/C56H90O6/c1-4-7-10-13-16-18-20-21-22-23-24-25-26-27-28-29-30-31-32-33-34-35-37-38-40-43-46-49-55(58)61-52-53(51-60-54(57)48-45-42-15-12-9-6-3)62-56(59)50-47-44-41-39-36-19-17-14-11-8-5-2/h7,10,14,16-18,21-22,24-25,27-28,30-31,33-34,37-38,53H,4-6,8-9,11-13,15,19-20,23,26,29,32,35-36,39-52H2,1-3H3/b10-7-,17-14-,18-16-,22-21-,25-24-,28-27-,31-30-,34-33-,38-37-. The van der Waals surface area contributed by atoms with E-state index >= 15 is 0 Å². The van der Waals surface area contributed by atoms with E-state index in [0.29, 0.717) is 25.7 Å². The van der Waals surface area contributed by atoms with E-state index in [-0.39, 0.29) is 31.1 Å². The fourth-order valence-electron chi connectivity index (χ4n) is 6.26. The highest BCUT2D eigenvalue weighted by Crippen LogP contribution is 2.12. The summed E-state index contributed by atoms with van der Waals surface area (Å²) in [6.45, 7) is 6.35. The van der Waals surface area contributed by atoms with Crippen LogP contribution in [0.4, 0.5) is 0 Å². The second kappa shape index (κ2) is 49.7. The van der Waals surface area contributed by atoms with E-state index in [1.807, 2.05) is 0 Å². The van der Waals surface area contributed by atoms with Crippen LogP contribution in [0, 0.1) is 0 Å². The van der Waals surface area contributed by atoms with Gasteiger partial charge in [0.1, 0.15) is 13.2 Å². The summed E-state index contributed by atoms with van der Waals surface area (Å²) in [5.74, 6) is -0.973. The number of allylic oxidation sites excluding steroid dienone is 18. The SMILES string of the molecule is CC/C=C\C/C=C\C/C=C\C/C=C\C/C=C\C/C=C\C/C=C\C/C=C\CCCCC(=O)OCC(COC(=O)CCCCCCCC)OC(=O)CCCCCCC/C=C\CCCC. The van der Waals surface area contributed by atoms with E-state index in [1.165, 1.54) is 44.9 Å². The number of hydrogen-bond acceptors (Lipinski definition) is 6. The van der Waals surface area contributed by atoms with Crippen LogP contribution in [-0.2, 0) is 28.6 Å². The summed E-state index contributed by atoms with van der Waals surface area (Å²) in [6.07, 6.45) is 66.8. The minimum atomic E-state index is -0.796. The number of carbonyl (C=O) groups excluding carboxylic acids is 3. The highest BCUT2D eigenvalue weighted by atomic mass is 16.6. The highest BCUT2D eigenvalue weighted by Gasteiger charge is 2.19. The molecule has 0 rings (SSSR count). The van der Waals surface area contributed by atoms with Crippen LogP contribution in [-0.4, -0.2) is 37.2 Å². The fourth-order valence-corrected chi connectivity index (χ4v) is 6.26. The molecule has 0 aromatic carbocycles. The van der Waals surface area contributed by atoms with Gasteiger partial charge in [0, 0.05) is 19.3 Å². The third-order valence-corrected chi connectivity index (χ3v) is 10.0. The van der Waals surface area contributed by atoms with Crippen molar-refractivity contribution < 1.29 is 28.6 Å². The molecule has 6 heteroatoms. The predicted octanol–water partition coefficient (Wildman–Crippen LogP) is 16.4. The molecule has 1 unspecified atom stereocenters. The van der Waals surface area contributed by atoms with Gasteiger partial charge in [0.2, 0.25) is 0 Å². The van der Waals surface area contributed by atoms with Crippen molar-refractivity contribution >= 4 is 17.9 Å². The van der Waals surface area contributed by atoms with Crippen molar-refractivity contribution in [2.75, 3.05) is 13.2 Å². The molecule has 6 nitrogen and oxygen atoms in total. The van der Waals surface area contributed by atoms with Gasteiger partial charge in [-0.25, -0.2) is 0 Å². The van der Waals surface area contributed by atoms with Crippen molar-refractivity contribution in [3.8, 4) is 0 Å². The molecule has 0 spiro atoms. The maximum Gasteiger partial charge on any atom is 0.306 e. The zero-order valence-corrected chi connectivity index (χ0v) is 39.8. The minimum Gasteiger partial charge on any atom is -0.462 e. The zero-order chi connectivity index (χ0) is 45.1. The summed E-state index contributed by atoms with van der Waals surface area (Å²) in [4.78, 5) is 37.6. The average molecular weight is 859 g/mol. The Kier molecular flexibility index (Phi) is 46.6. The van der Waals surface area contributed by atoms with Crippen molar-refractivity contribution in [3.05, 3.63) is 109 Å². The fraction of sp³-hybridized carbons (Fsp3) is 0.625. The Morgan fingerprint density at radius 2 is 0.645 bits per heavy atom. The van der Waals surface area contributed by atoms with E-state index < -0.39 is 6.10 Å². The minimum absolute atomic E-state index is 0.0971. The van der Waals surface area contributed by atoms with Gasteiger partial charge in [-0.15, -0.1) is 0 Å². The molecule has 0 bridgehead atoms. The van der Waals surface area contributed by atoms with Gasteiger partial charge in [-0.3, -0.25) is 14.4 Å². The molecule has 0 aliphatic heterocycles. The molecule has 1 atom stereocenters. The first-order valence-corrected chi connectivity index (χ1v) is 24.9. The van der Waals surface area contributed by atoms with Gasteiger partial charge in [-0.1, -0.05) is 194 Å². The molecule has 0 aliphatic rings. The quantitative estimate of drug-likeness (QED) is 0.0263.